The smallest absolute Gasteiger partial charge is 0.138 e. The molecule has 6 heteroatoms. The summed E-state index contributed by atoms with van der Waals surface area (Å²) in [4.78, 5) is 4.79. The number of ether oxygens (including phenoxy) is 1. The minimum absolute atomic E-state index is 0. The van der Waals surface area contributed by atoms with Gasteiger partial charge in [0, 0.05) is 55.9 Å². The third kappa shape index (κ3) is 4.63. The number of benzene rings is 4. The second kappa shape index (κ2) is 10.6. The second-order valence-corrected chi connectivity index (χ2v) is 9.74. The van der Waals surface area contributed by atoms with E-state index in [1.54, 1.807) is 0 Å². The number of aromatic nitrogens is 4. The van der Waals surface area contributed by atoms with E-state index in [1.165, 1.54) is 5.39 Å². The van der Waals surface area contributed by atoms with Crippen LogP contribution in [0.2, 0.25) is 0 Å². The van der Waals surface area contributed by atoms with Gasteiger partial charge in [-0.05, 0) is 73.5 Å². The Morgan fingerprint density at radius 3 is 2.23 bits per heavy atom. The van der Waals surface area contributed by atoms with Crippen molar-refractivity contribution in [3.63, 3.8) is 0 Å². The van der Waals surface area contributed by atoms with Crippen LogP contribution in [0.3, 0.4) is 0 Å². The fourth-order valence-electron chi connectivity index (χ4n) is 5.32. The normalized spacial score (nSPS) is 11.1. The van der Waals surface area contributed by atoms with Crippen LogP contribution in [-0.2, 0) is 21.1 Å². The van der Waals surface area contributed by atoms with Gasteiger partial charge in [-0.25, -0.2) is 9.67 Å². The fraction of sp³-hybridized carbons (Fsp3) is 0.0588. The van der Waals surface area contributed by atoms with Gasteiger partial charge in [0.25, 0.3) is 0 Å². The molecule has 0 bridgehead atoms. The molecule has 40 heavy (non-hydrogen) atoms. The van der Waals surface area contributed by atoms with E-state index < -0.39 is 0 Å². The van der Waals surface area contributed by atoms with Crippen molar-refractivity contribution in [1.82, 2.24) is 19.3 Å². The molecule has 0 aliphatic carbocycles. The Balaban J connectivity index is 0.00000289. The van der Waals surface area contributed by atoms with Crippen molar-refractivity contribution in [2.45, 2.75) is 13.8 Å². The first-order valence-electron chi connectivity index (χ1n) is 13.0. The van der Waals surface area contributed by atoms with E-state index in [2.05, 4.69) is 95.5 Å². The van der Waals surface area contributed by atoms with Gasteiger partial charge in [0.1, 0.15) is 17.3 Å². The quantitative estimate of drug-likeness (QED) is 0.181. The second-order valence-electron chi connectivity index (χ2n) is 9.74. The molecule has 0 amide bonds. The maximum absolute atomic E-state index is 6.40. The van der Waals surface area contributed by atoms with Gasteiger partial charge in [0.2, 0.25) is 0 Å². The first-order chi connectivity index (χ1) is 19.1. The van der Waals surface area contributed by atoms with Gasteiger partial charge < -0.3 is 4.74 Å². The number of pyridine rings is 1. The van der Waals surface area contributed by atoms with Crippen molar-refractivity contribution in [1.29, 1.82) is 0 Å². The summed E-state index contributed by atoms with van der Waals surface area (Å²) in [5, 5.41) is 6.95. The van der Waals surface area contributed by atoms with Crippen LogP contribution < -0.4 is 4.74 Å². The van der Waals surface area contributed by atoms with Gasteiger partial charge >= 0.3 is 0 Å². The molecule has 0 aliphatic rings. The van der Waals surface area contributed by atoms with Crippen molar-refractivity contribution < 1.29 is 25.8 Å². The van der Waals surface area contributed by atoms with Crippen molar-refractivity contribution in [2.75, 3.05) is 0 Å². The molecule has 0 saturated heterocycles. The number of nitrogens with zero attached hydrogens (tertiary/aromatic N) is 4. The zero-order valence-corrected chi connectivity index (χ0v) is 24.3. The van der Waals surface area contributed by atoms with Gasteiger partial charge in [-0.1, -0.05) is 54.6 Å². The predicted molar refractivity (Wildman–Crippen MR) is 157 cm³/mol. The SMILES string of the molecule is Cc1cc(C)n(-c2cccc(Oc3ccc4c5ccccc5n(-c5cc(-c6ccccc6)ccn5)c4c3)c2)n1.[Pt]. The molecule has 0 radical (unpaired) electrons. The number of para-hydroxylation sites is 1. The minimum Gasteiger partial charge on any atom is -0.457 e. The Morgan fingerprint density at radius 1 is 0.625 bits per heavy atom. The van der Waals surface area contributed by atoms with Crippen molar-refractivity contribution >= 4 is 21.8 Å². The van der Waals surface area contributed by atoms with Crippen LogP contribution in [0.1, 0.15) is 11.4 Å². The summed E-state index contributed by atoms with van der Waals surface area (Å²) in [6.07, 6.45) is 1.88. The van der Waals surface area contributed by atoms with Gasteiger partial charge in [-0.3, -0.25) is 4.57 Å². The van der Waals surface area contributed by atoms with Crippen molar-refractivity contribution in [3.05, 3.63) is 133 Å². The van der Waals surface area contributed by atoms with E-state index in [0.29, 0.717) is 0 Å². The maximum atomic E-state index is 6.40. The summed E-state index contributed by atoms with van der Waals surface area (Å²) < 4.78 is 10.6. The van der Waals surface area contributed by atoms with E-state index in [4.69, 9.17) is 9.72 Å². The van der Waals surface area contributed by atoms with Crippen LogP contribution >= 0.6 is 0 Å². The van der Waals surface area contributed by atoms with Crippen molar-refractivity contribution in [3.8, 4) is 34.1 Å². The zero-order valence-electron chi connectivity index (χ0n) is 22.1. The molecule has 4 aromatic carbocycles. The van der Waals surface area contributed by atoms with E-state index >= 15 is 0 Å². The molecule has 0 aliphatic heterocycles. The molecule has 7 rings (SSSR count). The van der Waals surface area contributed by atoms with Gasteiger partial charge in [0.15, 0.2) is 0 Å². The number of aryl methyl sites for hydroxylation is 2. The third-order valence-corrected chi connectivity index (χ3v) is 7.03. The number of rotatable bonds is 5. The molecule has 0 atom stereocenters. The predicted octanol–water partition coefficient (Wildman–Crippen LogP) is 8.44. The molecular weight excluding hydrogens is 675 g/mol. The molecular formula is C34H26N4OPt. The molecule has 0 unspecified atom stereocenters. The van der Waals surface area contributed by atoms with E-state index in [-0.39, 0.29) is 21.1 Å². The standard InChI is InChI=1S/C34H26N4O.Pt/c1-23-19-24(2)38(36-23)27-11-8-12-28(21-27)39-29-15-16-31-30-13-6-7-14-32(30)37(33(31)22-29)34-20-26(17-18-35-34)25-9-4-3-5-10-25;/h3-22H,1-2H3;. The van der Waals surface area contributed by atoms with E-state index in [0.717, 1.165) is 61.9 Å². The van der Waals surface area contributed by atoms with Crippen LogP contribution in [0.4, 0.5) is 0 Å². The Morgan fingerprint density at radius 2 is 1.40 bits per heavy atom. The molecule has 7 aromatic rings. The zero-order chi connectivity index (χ0) is 26.3. The Labute approximate surface area is 247 Å². The van der Waals surface area contributed by atoms with Crippen LogP contribution in [0.5, 0.6) is 11.5 Å². The van der Waals surface area contributed by atoms with Crippen LogP contribution in [0.25, 0.3) is 44.4 Å². The topological polar surface area (TPSA) is 44.9 Å². The average molecular weight is 702 g/mol. The third-order valence-electron chi connectivity index (χ3n) is 7.03. The van der Waals surface area contributed by atoms with Crippen LogP contribution in [0.15, 0.2) is 121 Å². The first kappa shape index (κ1) is 25.8. The number of hydrogen-bond donors (Lipinski definition) is 0. The van der Waals surface area contributed by atoms with Gasteiger partial charge in [0.05, 0.1) is 22.4 Å². The van der Waals surface area contributed by atoms with E-state index in [9.17, 15) is 0 Å². The number of fused-ring (bicyclic) bond motifs is 3. The van der Waals surface area contributed by atoms with Gasteiger partial charge in [-0.15, -0.1) is 0 Å². The largest absolute Gasteiger partial charge is 0.457 e. The molecule has 5 nitrogen and oxygen atoms in total. The molecule has 3 heterocycles. The van der Waals surface area contributed by atoms with E-state index in [1.807, 2.05) is 54.2 Å². The first-order valence-corrected chi connectivity index (χ1v) is 13.0. The minimum atomic E-state index is 0. The summed E-state index contributed by atoms with van der Waals surface area (Å²) >= 11 is 0. The Kier molecular flexibility index (Phi) is 6.83. The molecule has 3 aromatic heterocycles. The molecule has 0 saturated carbocycles. The van der Waals surface area contributed by atoms with Crippen LogP contribution in [-0.4, -0.2) is 19.3 Å². The Hall–Kier alpha value is -4.47. The summed E-state index contributed by atoms with van der Waals surface area (Å²) in [6, 6.07) is 39.4. The maximum Gasteiger partial charge on any atom is 0.138 e. The Bertz CT molecular complexity index is 1970. The molecule has 0 spiro atoms. The van der Waals surface area contributed by atoms with Gasteiger partial charge in [-0.2, -0.15) is 5.10 Å². The average Bonchev–Trinajstić information content (AvgIpc) is 3.49. The summed E-state index contributed by atoms with van der Waals surface area (Å²) in [7, 11) is 0. The summed E-state index contributed by atoms with van der Waals surface area (Å²) in [6.45, 7) is 4.06. The monoisotopic (exact) mass is 701 g/mol. The van der Waals surface area contributed by atoms with Crippen molar-refractivity contribution in [2.24, 2.45) is 0 Å². The molecule has 0 N–H and O–H groups in total. The summed E-state index contributed by atoms with van der Waals surface area (Å²) in [5.41, 5.74) is 7.47. The summed E-state index contributed by atoms with van der Waals surface area (Å²) in [5.74, 6) is 2.38. The molecule has 0 fully saturated rings. The fourth-order valence-corrected chi connectivity index (χ4v) is 5.32. The molecule has 198 valence electrons. The number of hydrogen-bond acceptors (Lipinski definition) is 3. The van der Waals surface area contributed by atoms with Crippen LogP contribution in [0, 0.1) is 13.8 Å².